The highest BCUT2D eigenvalue weighted by Gasteiger charge is 2.23. The third-order valence-electron chi connectivity index (χ3n) is 5.18. The van der Waals surface area contributed by atoms with E-state index in [1.165, 1.54) is 56.2 Å². The van der Waals surface area contributed by atoms with Crippen LogP contribution >= 0.6 is 11.6 Å². The maximum Gasteiger partial charge on any atom is 0.137 e. The molecule has 0 spiro atoms. The van der Waals surface area contributed by atoms with Crippen molar-refractivity contribution in [2.24, 2.45) is 0 Å². The topological polar surface area (TPSA) is 17.3 Å². The predicted molar refractivity (Wildman–Crippen MR) is 101 cm³/mol. The first-order chi connectivity index (χ1) is 11.8. The SMILES string of the molecule is Clc1ccc(-c2nc3ccccn3c2C2CCCCCCC2)cc1. The van der Waals surface area contributed by atoms with Gasteiger partial charge in [-0.1, -0.05) is 61.9 Å². The van der Waals surface area contributed by atoms with E-state index in [1.807, 2.05) is 12.1 Å². The van der Waals surface area contributed by atoms with Crippen molar-refractivity contribution >= 4 is 17.2 Å². The molecule has 1 aliphatic rings. The van der Waals surface area contributed by atoms with Crippen LogP contribution in [0.2, 0.25) is 5.02 Å². The monoisotopic (exact) mass is 338 g/mol. The van der Waals surface area contributed by atoms with Crippen molar-refractivity contribution in [3.63, 3.8) is 0 Å². The molecule has 0 aliphatic heterocycles. The fraction of sp³-hybridized carbons (Fsp3) is 0.381. The van der Waals surface area contributed by atoms with Crippen LogP contribution in [0.1, 0.15) is 56.6 Å². The molecule has 3 aromatic rings. The third-order valence-corrected chi connectivity index (χ3v) is 5.43. The number of nitrogens with zero attached hydrogens (tertiary/aromatic N) is 2. The average molecular weight is 339 g/mol. The number of aromatic nitrogens is 2. The van der Waals surface area contributed by atoms with E-state index in [0.717, 1.165) is 16.4 Å². The number of pyridine rings is 1. The molecule has 3 heteroatoms. The van der Waals surface area contributed by atoms with Gasteiger partial charge in [-0.25, -0.2) is 4.98 Å². The zero-order chi connectivity index (χ0) is 16.4. The van der Waals surface area contributed by atoms with Gasteiger partial charge >= 0.3 is 0 Å². The zero-order valence-electron chi connectivity index (χ0n) is 13.9. The Labute approximate surface area is 148 Å². The van der Waals surface area contributed by atoms with Crippen LogP contribution in [0.5, 0.6) is 0 Å². The van der Waals surface area contributed by atoms with E-state index in [4.69, 9.17) is 16.6 Å². The van der Waals surface area contributed by atoms with Crippen molar-refractivity contribution in [1.82, 2.24) is 9.38 Å². The summed E-state index contributed by atoms with van der Waals surface area (Å²) in [5.41, 5.74) is 4.72. The highest BCUT2D eigenvalue weighted by Crippen LogP contribution is 2.37. The number of halogens is 1. The van der Waals surface area contributed by atoms with E-state index in [9.17, 15) is 0 Å². The Morgan fingerprint density at radius 3 is 2.33 bits per heavy atom. The van der Waals surface area contributed by atoms with Crippen molar-refractivity contribution < 1.29 is 0 Å². The van der Waals surface area contributed by atoms with E-state index < -0.39 is 0 Å². The van der Waals surface area contributed by atoms with E-state index in [1.54, 1.807) is 0 Å². The van der Waals surface area contributed by atoms with E-state index >= 15 is 0 Å². The van der Waals surface area contributed by atoms with Crippen molar-refractivity contribution in [2.75, 3.05) is 0 Å². The van der Waals surface area contributed by atoms with Crippen LogP contribution in [0.3, 0.4) is 0 Å². The van der Waals surface area contributed by atoms with Crippen molar-refractivity contribution in [3.8, 4) is 11.3 Å². The molecular formula is C21H23ClN2. The molecule has 0 N–H and O–H groups in total. The van der Waals surface area contributed by atoms with Crippen LogP contribution < -0.4 is 0 Å². The molecule has 1 aliphatic carbocycles. The summed E-state index contributed by atoms with van der Waals surface area (Å²) in [6.07, 6.45) is 11.5. The standard InChI is InChI=1S/C21H23ClN2/c22-18-13-11-16(12-14-18)20-21(17-8-4-2-1-3-5-9-17)24-15-7-6-10-19(24)23-20/h6-7,10-15,17H,1-5,8-9H2. The molecule has 2 aromatic heterocycles. The lowest BCUT2D eigenvalue weighted by Gasteiger charge is -2.21. The number of rotatable bonds is 2. The number of hydrogen-bond donors (Lipinski definition) is 0. The van der Waals surface area contributed by atoms with Gasteiger partial charge in [-0.2, -0.15) is 0 Å². The minimum Gasteiger partial charge on any atom is -0.303 e. The molecule has 0 atom stereocenters. The van der Waals surface area contributed by atoms with Crippen LogP contribution in [-0.2, 0) is 0 Å². The zero-order valence-corrected chi connectivity index (χ0v) is 14.7. The number of benzene rings is 1. The summed E-state index contributed by atoms with van der Waals surface area (Å²) in [6.45, 7) is 0. The van der Waals surface area contributed by atoms with Crippen LogP contribution in [0.25, 0.3) is 16.9 Å². The molecule has 4 rings (SSSR count). The first-order valence-electron chi connectivity index (χ1n) is 9.06. The normalized spacial score (nSPS) is 16.9. The van der Waals surface area contributed by atoms with Gasteiger partial charge in [-0.05, 0) is 37.1 Å². The molecule has 24 heavy (non-hydrogen) atoms. The fourth-order valence-electron chi connectivity index (χ4n) is 3.95. The molecule has 0 radical (unpaired) electrons. The Morgan fingerprint density at radius 1 is 0.875 bits per heavy atom. The lowest BCUT2D eigenvalue weighted by atomic mass is 9.87. The van der Waals surface area contributed by atoms with Gasteiger partial charge in [0.05, 0.1) is 11.4 Å². The Morgan fingerprint density at radius 2 is 1.58 bits per heavy atom. The van der Waals surface area contributed by atoms with Crippen molar-refractivity contribution in [3.05, 3.63) is 59.4 Å². The first-order valence-corrected chi connectivity index (χ1v) is 9.43. The molecule has 0 saturated heterocycles. The number of fused-ring (bicyclic) bond motifs is 1. The highest BCUT2D eigenvalue weighted by atomic mass is 35.5. The molecule has 1 fully saturated rings. The maximum atomic E-state index is 6.08. The van der Waals surface area contributed by atoms with E-state index in [0.29, 0.717) is 5.92 Å². The third kappa shape index (κ3) is 3.08. The minimum atomic E-state index is 0.591. The molecule has 0 amide bonds. The number of hydrogen-bond acceptors (Lipinski definition) is 1. The lowest BCUT2D eigenvalue weighted by Crippen LogP contribution is -2.07. The summed E-state index contributed by atoms with van der Waals surface area (Å²) in [7, 11) is 0. The van der Waals surface area contributed by atoms with Gasteiger partial charge in [-0.15, -0.1) is 0 Å². The van der Waals surface area contributed by atoms with E-state index in [2.05, 4.69) is 40.9 Å². The van der Waals surface area contributed by atoms with Gasteiger partial charge in [0.1, 0.15) is 5.65 Å². The minimum absolute atomic E-state index is 0.591. The van der Waals surface area contributed by atoms with Crippen molar-refractivity contribution in [2.45, 2.75) is 50.9 Å². The molecule has 0 unspecified atom stereocenters. The summed E-state index contributed by atoms with van der Waals surface area (Å²) in [5, 5.41) is 0.773. The molecular weight excluding hydrogens is 316 g/mol. The molecule has 124 valence electrons. The molecule has 0 bridgehead atoms. The molecule has 1 saturated carbocycles. The summed E-state index contributed by atoms with van der Waals surface area (Å²) in [5.74, 6) is 0.591. The highest BCUT2D eigenvalue weighted by molar-refractivity contribution is 6.30. The molecule has 1 aromatic carbocycles. The first kappa shape index (κ1) is 15.7. The molecule has 2 heterocycles. The second kappa shape index (κ2) is 6.98. The summed E-state index contributed by atoms with van der Waals surface area (Å²) in [4.78, 5) is 4.96. The molecule has 2 nitrogen and oxygen atoms in total. The Kier molecular flexibility index (Phi) is 4.57. The van der Waals surface area contributed by atoms with Crippen LogP contribution in [0, 0.1) is 0 Å². The second-order valence-electron chi connectivity index (χ2n) is 6.82. The van der Waals surface area contributed by atoms with Gasteiger partial charge in [0.2, 0.25) is 0 Å². The number of imidazole rings is 1. The summed E-state index contributed by atoms with van der Waals surface area (Å²) < 4.78 is 2.30. The van der Waals surface area contributed by atoms with Crippen LogP contribution in [0.4, 0.5) is 0 Å². The van der Waals surface area contributed by atoms with Crippen LogP contribution in [0.15, 0.2) is 48.7 Å². The Hall–Kier alpha value is -1.80. The van der Waals surface area contributed by atoms with Gasteiger partial charge in [0, 0.05) is 22.7 Å². The van der Waals surface area contributed by atoms with E-state index in [-0.39, 0.29) is 0 Å². The van der Waals surface area contributed by atoms with Gasteiger partial charge in [-0.3, -0.25) is 0 Å². The van der Waals surface area contributed by atoms with Crippen molar-refractivity contribution in [1.29, 1.82) is 0 Å². The lowest BCUT2D eigenvalue weighted by molar-refractivity contribution is 0.449. The van der Waals surface area contributed by atoms with Crippen LogP contribution in [-0.4, -0.2) is 9.38 Å². The van der Waals surface area contributed by atoms with Gasteiger partial charge in [0.15, 0.2) is 0 Å². The predicted octanol–water partition coefficient (Wildman–Crippen LogP) is 6.48. The quantitative estimate of drug-likeness (QED) is 0.522. The summed E-state index contributed by atoms with van der Waals surface area (Å²) >= 11 is 6.08. The van der Waals surface area contributed by atoms with Gasteiger partial charge in [0.25, 0.3) is 0 Å². The average Bonchev–Trinajstić information content (AvgIpc) is 2.95. The maximum absolute atomic E-state index is 6.08. The smallest absolute Gasteiger partial charge is 0.137 e. The van der Waals surface area contributed by atoms with Gasteiger partial charge < -0.3 is 4.40 Å². The Balaban J connectivity index is 1.84. The Bertz CT molecular complexity index is 811. The second-order valence-corrected chi connectivity index (χ2v) is 7.26. The largest absolute Gasteiger partial charge is 0.303 e. The fourth-order valence-corrected chi connectivity index (χ4v) is 4.08. The summed E-state index contributed by atoms with van der Waals surface area (Å²) in [6, 6.07) is 14.4.